The maximum atomic E-state index is 12.8. The number of piperidine rings is 1. The van der Waals surface area contributed by atoms with Gasteiger partial charge in [-0.15, -0.1) is 11.8 Å². The molecule has 0 aromatic heterocycles. The average Bonchev–Trinajstić information content (AvgIpc) is 2.67. The van der Waals surface area contributed by atoms with Crippen molar-refractivity contribution in [2.45, 2.75) is 36.5 Å². The van der Waals surface area contributed by atoms with E-state index in [-0.39, 0.29) is 11.9 Å². The van der Waals surface area contributed by atoms with Crippen molar-refractivity contribution in [3.8, 4) is 0 Å². The molecular formula is C21H23NO3S. The molecule has 2 atom stereocenters. The molecule has 1 saturated heterocycles. The first-order chi connectivity index (χ1) is 12.5. The van der Waals surface area contributed by atoms with Crippen LogP contribution in [0.15, 0.2) is 59.5 Å². The zero-order valence-electron chi connectivity index (χ0n) is 14.8. The molecule has 0 bridgehead atoms. The first-order valence-corrected chi connectivity index (χ1v) is 9.83. The highest BCUT2D eigenvalue weighted by Crippen LogP contribution is 2.26. The molecule has 0 radical (unpaired) electrons. The molecule has 136 valence electrons. The number of aliphatic carboxylic acids is 1. The van der Waals surface area contributed by atoms with E-state index in [1.807, 2.05) is 49.4 Å². The minimum atomic E-state index is -0.817. The normalized spacial score (nSPS) is 20.0. The zero-order chi connectivity index (χ0) is 18.5. The lowest BCUT2D eigenvalue weighted by atomic mass is 9.93. The summed E-state index contributed by atoms with van der Waals surface area (Å²) in [5, 5.41) is 9.24. The number of rotatable bonds is 5. The van der Waals surface area contributed by atoms with E-state index in [1.165, 1.54) is 5.56 Å². The molecule has 1 amide bonds. The molecule has 1 N–H and O–H groups in total. The number of carbonyl (C=O) groups is 2. The van der Waals surface area contributed by atoms with Crippen molar-refractivity contribution >= 4 is 23.6 Å². The lowest BCUT2D eigenvalue weighted by Crippen LogP contribution is -2.47. The summed E-state index contributed by atoms with van der Waals surface area (Å²) in [4.78, 5) is 26.9. The summed E-state index contributed by atoms with van der Waals surface area (Å²) in [5.74, 6) is -0.473. The van der Waals surface area contributed by atoms with Crippen LogP contribution in [0.1, 0.15) is 35.7 Å². The Morgan fingerprint density at radius 2 is 1.77 bits per heavy atom. The minimum absolute atomic E-state index is 0.0743. The monoisotopic (exact) mass is 369 g/mol. The van der Waals surface area contributed by atoms with Crippen molar-refractivity contribution < 1.29 is 14.7 Å². The van der Waals surface area contributed by atoms with Crippen LogP contribution in [0, 0.1) is 5.92 Å². The molecule has 0 spiro atoms. The van der Waals surface area contributed by atoms with E-state index in [4.69, 9.17) is 0 Å². The van der Waals surface area contributed by atoms with E-state index >= 15 is 0 Å². The number of nitrogens with zero attached hydrogens (tertiary/aromatic N) is 1. The summed E-state index contributed by atoms with van der Waals surface area (Å²) in [6.07, 6.45) is 1.36. The third-order valence-electron chi connectivity index (χ3n) is 4.84. The van der Waals surface area contributed by atoms with E-state index in [0.717, 1.165) is 17.1 Å². The number of benzene rings is 2. The summed E-state index contributed by atoms with van der Waals surface area (Å²) in [6, 6.07) is 17.9. The molecule has 1 aliphatic rings. The zero-order valence-corrected chi connectivity index (χ0v) is 15.6. The summed E-state index contributed by atoms with van der Waals surface area (Å²) in [7, 11) is 0. The second-order valence-electron chi connectivity index (χ2n) is 6.72. The fourth-order valence-corrected chi connectivity index (χ4v) is 4.05. The van der Waals surface area contributed by atoms with Crippen molar-refractivity contribution in [3.05, 3.63) is 65.7 Å². The van der Waals surface area contributed by atoms with Gasteiger partial charge in [0.1, 0.15) is 0 Å². The smallest absolute Gasteiger partial charge is 0.308 e. The first kappa shape index (κ1) is 18.5. The Hall–Kier alpha value is -2.27. The van der Waals surface area contributed by atoms with Gasteiger partial charge in [-0.05, 0) is 49.6 Å². The molecular weight excluding hydrogens is 346 g/mol. The first-order valence-electron chi connectivity index (χ1n) is 8.85. The van der Waals surface area contributed by atoms with Gasteiger partial charge in [-0.2, -0.15) is 0 Å². The maximum Gasteiger partial charge on any atom is 0.308 e. The fraction of sp³-hybridized carbons (Fsp3) is 0.333. The van der Waals surface area contributed by atoms with Crippen molar-refractivity contribution in [1.29, 1.82) is 0 Å². The predicted molar refractivity (Wildman–Crippen MR) is 103 cm³/mol. The van der Waals surface area contributed by atoms with E-state index in [1.54, 1.807) is 16.7 Å². The number of likely N-dealkylation sites (tertiary alicyclic amines) is 1. The highest BCUT2D eigenvalue weighted by atomic mass is 32.2. The van der Waals surface area contributed by atoms with E-state index in [9.17, 15) is 14.7 Å². The summed E-state index contributed by atoms with van der Waals surface area (Å²) >= 11 is 1.73. The second-order valence-corrected chi connectivity index (χ2v) is 7.77. The molecule has 1 aliphatic heterocycles. The molecule has 5 heteroatoms. The van der Waals surface area contributed by atoms with Crippen molar-refractivity contribution in [2.24, 2.45) is 5.92 Å². The van der Waals surface area contributed by atoms with Gasteiger partial charge in [0.15, 0.2) is 0 Å². The quantitative estimate of drug-likeness (QED) is 0.798. The van der Waals surface area contributed by atoms with Crippen LogP contribution in [-0.2, 0) is 10.5 Å². The number of hydrogen-bond acceptors (Lipinski definition) is 3. The van der Waals surface area contributed by atoms with Gasteiger partial charge in [0.05, 0.1) is 5.92 Å². The van der Waals surface area contributed by atoms with Crippen LogP contribution in [-0.4, -0.2) is 34.5 Å². The summed E-state index contributed by atoms with van der Waals surface area (Å²) < 4.78 is 0. The van der Waals surface area contributed by atoms with Crippen LogP contribution in [0.25, 0.3) is 0 Å². The Bertz CT molecular complexity index is 761. The number of carboxylic acids is 1. The van der Waals surface area contributed by atoms with Gasteiger partial charge in [0, 0.05) is 28.8 Å². The Labute approximate surface area is 158 Å². The Kier molecular flexibility index (Phi) is 5.99. The molecule has 2 aromatic rings. The van der Waals surface area contributed by atoms with E-state index < -0.39 is 11.9 Å². The summed E-state index contributed by atoms with van der Waals surface area (Å²) in [5.41, 5.74) is 1.88. The Morgan fingerprint density at radius 3 is 2.42 bits per heavy atom. The van der Waals surface area contributed by atoms with Gasteiger partial charge < -0.3 is 10.0 Å². The van der Waals surface area contributed by atoms with Crippen LogP contribution in [0.3, 0.4) is 0 Å². The minimum Gasteiger partial charge on any atom is -0.481 e. The SMILES string of the molecule is CC1CCC(C(=O)O)CN1C(=O)c1ccc(SCc2ccccc2)cc1. The van der Waals surface area contributed by atoms with Crippen LogP contribution in [0.2, 0.25) is 0 Å². The van der Waals surface area contributed by atoms with Crippen molar-refractivity contribution in [1.82, 2.24) is 4.90 Å². The molecule has 0 saturated carbocycles. The standard InChI is InChI=1S/C21H23NO3S/c1-15-7-8-18(21(24)25)13-22(15)20(23)17-9-11-19(12-10-17)26-14-16-5-3-2-4-6-16/h2-6,9-12,15,18H,7-8,13-14H2,1H3,(H,24,25). The van der Waals surface area contributed by atoms with Gasteiger partial charge in [0.2, 0.25) is 0 Å². The Balaban J connectivity index is 1.63. The number of thioether (sulfide) groups is 1. The molecule has 2 unspecified atom stereocenters. The number of carboxylic acid groups (broad SMARTS) is 1. The number of amides is 1. The molecule has 1 fully saturated rings. The highest BCUT2D eigenvalue weighted by molar-refractivity contribution is 7.98. The van der Waals surface area contributed by atoms with Gasteiger partial charge in [0.25, 0.3) is 5.91 Å². The fourth-order valence-electron chi connectivity index (χ4n) is 3.19. The molecule has 3 rings (SSSR count). The maximum absolute atomic E-state index is 12.8. The lowest BCUT2D eigenvalue weighted by molar-refractivity contribution is -0.143. The average molecular weight is 369 g/mol. The number of hydrogen-bond donors (Lipinski definition) is 1. The predicted octanol–water partition coefficient (Wildman–Crippen LogP) is 4.30. The third-order valence-corrected chi connectivity index (χ3v) is 5.92. The van der Waals surface area contributed by atoms with Crippen LogP contribution >= 0.6 is 11.8 Å². The lowest BCUT2D eigenvalue weighted by Gasteiger charge is -2.36. The van der Waals surface area contributed by atoms with Gasteiger partial charge in [-0.1, -0.05) is 30.3 Å². The van der Waals surface area contributed by atoms with Gasteiger partial charge >= 0.3 is 5.97 Å². The van der Waals surface area contributed by atoms with Gasteiger partial charge in [-0.3, -0.25) is 9.59 Å². The van der Waals surface area contributed by atoms with Gasteiger partial charge in [-0.25, -0.2) is 0 Å². The highest BCUT2D eigenvalue weighted by Gasteiger charge is 2.32. The molecule has 26 heavy (non-hydrogen) atoms. The molecule has 4 nitrogen and oxygen atoms in total. The Morgan fingerprint density at radius 1 is 1.08 bits per heavy atom. The van der Waals surface area contributed by atoms with E-state index in [0.29, 0.717) is 18.5 Å². The summed E-state index contributed by atoms with van der Waals surface area (Å²) in [6.45, 7) is 2.28. The largest absolute Gasteiger partial charge is 0.481 e. The number of carbonyl (C=O) groups excluding carboxylic acids is 1. The van der Waals surface area contributed by atoms with E-state index in [2.05, 4.69) is 12.1 Å². The van der Waals surface area contributed by atoms with Crippen LogP contribution in [0.5, 0.6) is 0 Å². The van der Waals surface area contributed by atoms with Crippen molar-refractivity contribution in [2.75, 3.05) is 6.54 Å². The molecule has 1 heterocycles. The topological polar surface area (TPSA) is 57.6 Å². The van der Waals surface area contributed by atoms with Crippen molar-refractivity contribution in [3.63, 3.8) is 0 Å². The molecule has 0 aliphatic carbocycles. The van der Waals surface area contributed by atoms with Crippen LogP contribution in [0.4, 0.5) is 0 Å². The molecule has 2 aromatic carbocycles. The van der Waals surface area contributed by atoms with Crippen LogP contribution < -0.4 is 0 Å². The second kappa shape index (κ2) is 8.41. The third kappa shape index (κ3) is 4.47.